The van der Waals surface area contributed by atoms with Crippen LogP contribution in [0.25, 0.3) is 0 Å². The zero-order chi connectivity index (χ0) is 25.6. The number of sulfonamides is 1. The van der Waals surface area contributed by atoms with Gasteiger partial charge in [0.2, 0.25) is 0 Å². The average Bonchev–Trinajstić information content (AvgIpc) is 2.82. The number of carbonyl (C=O) groups excluding carboxylic acids is 1. The SMILES string of the molecule is COc1ccc(Cl)cc1N(CC(=O)N/N=C/c1ccccc1C(F)(F)F)S(=O)(=O)c1ccccc1. The number of hydrazone groups is 1. The molecule has 0 spiro atoms. The van der Waals surface area contributed by atoms with E-state index in [4.69, 9.17) is 16.3 Å². The van der Waals surface area contributed by atoms with Gasteiger partial charge < -0.3 is 4.74 Å². The van der Waals surface area contributed by atoms with Gasteiger partial charge in [0.1, 0.15) is 12.3 Å². The molecule has 1 N–H and O–H groups in total. The number of hydrogen-bond acceptors (Lipinski definition) is 5. The van der Waals surface area contributed by atoms with Crippen LogP contribution in [0.3, 0.4) is 0 Å². The molecule has 0 aliphatic rings. The molecule has 0 fully saturated rings. The minimum atomic E-state index is -4.61. The third kappa shape index (κ3) is 6.31. The first-order chi connectivity index (χ1) is 16.5. The first-order valence-electron chi connectivity index (χ1n) is 9.93. The summed E-state index contributed by atoms with van der Waals surface area (Å²) in [5.41, 5.74) is 0.852. The lowest BCUT2D eigenvalue weighted by atomic mass is 10.1. The van der Waals surface area contributed by atoms with Crippen molar-refractivity contribution in [3.63, 3.8) is 0 Å². The Morgan fingerprint density at radius 3 is 2.40 bits per heavy atom. The van der Waals surface area contributed by atoms with Gasteiger partial charge in [-0.15, -0.1) is 0 Å². The van der Waals surface area contributed by atoms with Crippen LogP contribution in [0, 0.1) is 0 Å². The predicted octanol–water partition coefficient (Wildman–Crippen LogP) is 4.71. The van der Waals surface area contributed by atoms with Crippen molar-refractivity contribution in [3.8, 4) is 5.75 Å². The van der Waals surface area contributed by atoms with Crippen molar-refractivity contribution < 1.29 is 31.1 Å². The highest BCUT2D eigenvalue weighted by Gasteiger charge is 2.33. The lowest BCUT2D eigenvalue weighted by molar-refractivity contribution is -0.137. The fraction of sp³-hybridized carbons (Fsp3) is 0.130. The Hall–Kier alpha value is -3.57. The molecule has 0 unspecified atom stereocenters. The van der Waals surface area contributed by atoms with Gasteiger partial charge in [0.05, 0.1) is 29.5 Å². The molecule has 0 saturated heterocycles. The average molecular weight is 526 g/mol. The summed E-state index contributed by atoms with van der Waals surface area (Å²) in [5, 5.41) is 3.76. The van der Waals surface area contributed by atoms with Gasteiger partial charge in [-0.3, -0.25) is 9.10 Å². The molecule has 0 bridgehead atoms. The van der Waals surface area contributed by atoms with Gasteiger partial charge in [-0.1, -0.05) is 48.0 Å². The number of benzene rings is 3. The van der Waals surface area contributed by atoms with E-state index in [0.717, 1.165) is 16.6 Å². The highest BCUT2D eigenvalue weighted by Crippen LogP contribution is 2.35. The van der Waals surface area contributed by atoms with Gasteiger partial charge in [0, 0.05) is 10.6 Å². The van der Waals surface area contributed by atoms with Crippen LogP contribution in [0.5, 0.6) is 5.75 Å². The van der Waals surface area contributed by atoms with Crippen LogP contribution in [0.2, 0.25) is 5.02 Å². The minimum Gasteiger partial charge on any atom is -0.495 e. The molecule has 3 aromatic rings. The number of nitrogens with zero attached hydrogens (tertiary/aromatic N) is 2. The second-order valence-corrected chi connectivity index (χ2v) is 9.32. The molecule has 3 rings (SSSR count). The van der Waals surface area contributed by atoms with Crippen LogP contribution in [-0.2, 0) is 21.0 Å². The van der Waals surface area contributed by atoms with Crippen LogP contribution in [0.4, 0.5) is 18.9 Å². The number of amides is 1. The highest BCUT2D eigenvalue weighted by atomic mass is 35.5. The fourth-order valence-corrected chi connectivity index (χ4v) is 4.70. The van der Waals surface area contributed by atoms with E-state index >= 15 is 0 Å². The molecule has 0 atom stereocenters. The Labute approximate surface area is 204 Å². The van der Waals surface area contributed by atoms with Crippen LogP contribution in [0.1, 0.15) is 11.1 Å². The highest BCUT2D eigenvalue weighted by molar-refractivity contribution is 7.92. The number of anilines is 1. The van der Waals surface area contributed by atoms with E-state index in [1.807, 2.05) is 0 Å². The number of ether oxygens (including phenoxy) is 1. The molecule has 1 amide bonds. The number of rotatable bonds is 8. The maximum atomic E-state index is 13.4. The molecule has 0 aromatic heterocycles. The summed E-state index contributed by atoms with van der Waals surface area (Å²) < 4.78 is 72.2. The van der Waals surface area contributed by atoms with Gasteiger partial charge in [-0.05, 0) is 36.4 Å². The Morgan fingerprint density at radius 1 is 1.09 bits per heavy atom. The molecular weight excluding hydrogens is 507 g/mol. The van der Waals surface area contributed by atoms with Crippen LogP contribution < -0.4 is 14.5 Å². The molecule has 0 heterocycles. The summed E-state index contributed by atoms with van der Waals surface area (Å²) in [6.07, 6.45) is -3.78. The summed E-state index contributed by atoms with van der Waals surface area (Å²) in [6, 6.07) is 16.3. The number of carbonyl (C=O) groups is 1. The molecule has 3 aromatic carbocycles. The smallest absolute Gasteiger partial charge is 0.417 e. The number of methoxy groups -OCH3 is 1. The molecule has 7 nitrogen and oxygen atoms in total. The molecular formula is C23H19ClF3N3O4S. The zero-order valence-corrected chi connectivity index (χ0v) is 19.7. The quantitative estimate of drug-likeness (QED) is 0.341. The van der Waals surface area contributed by atoms with Crippen molar-refractivity contribution in [1.82, 2.24) is 5.43 Å². The molecule has 0 aliphatic carbocycles. The monoisotopic (exact) mass is 525 g/mol. The summed E-state index contributed by atoms with van der Waals surface area (Å²) >= 11 is 6.06. The maximum absolute atomic E-state index is 13.4. The zero-order valence-electron chi connectivity index (χ0n) is 18.2. The third-order valence-electron chi connectivity index (χ3n) is 4.69. The van der Waals surface area contributed by atoms with Crippen molar-refractivity contribution in [3.05, 3.63) is 88.9 Å². The van der Waals surface area contributed by atoms with E-state index < -0.39 is 34.2 Å². The van der Waals surface area contributed by atoms with E-state index in [1.165, 1.54) is 67.8 Å². The standard InChI is InChI=1S/C23H19ClF3N3O4S/c1-34-21-12-11-17(24)13-20(21)30(35(32,33)18-8-3-2-4-9-18)15-22(31)29-28-14-16-7-5-6-10-19(16)23(25,26)27/h2-14H,15H2,1H3,(H,29,31)/b28-14+. The van der Waals surface area contributed by atoms with E-state index in [1.54, 1.807) is 6.07 Å². The first-order valence-corrected chi connectivity index (χ1v) is 11.8. The molecule has 184 valence electrons. The van der Waals surface area contributed by atoms with Crippen molar-refractivity contribution in [2.24, 2.45) is 5.10 Å². The lowest BCUT2D eigenvalue weighted by Gasteiger charge is -2.25. The lowest BCUT2D eigenvalue weighted by Crippen LogP contribution is -2.39. The topological polar surface area (TPSA) is 88.1 Å². The van der Waals surface area contributed by atoms with Crippen LogP contribution in [-0.4, -0.2) is 34.2 Å². The van der Waals surface area contributed by atoms with E-state index in [0.29, 0.717) is 0 Å². The molecule has 0 radical (unpaired) electrons. The Bertz CT molecular complexity index is 1330. The molecule has 12 heteroatoms. The first kappa shape index (κ1) is 26.0. The van der Waals surface area contributed by atoms with Gasteiger partial charge >= 0.3 is 6.18 Å². The van der Waals surface area contributed by atoms with Gasteiger partial charge in [0.15, 0.2) is 0 Å². The molecule has 0 aliphatic heterocycles. The normalized spacial score (nSPS) is 11.9. The summed E-state index contributed by atoms with van der Waals surface area (Å²) in [6.45, 7) is -0.758. The van der Waals surface area contributed by atoms with Crippen LogP contribution in [0.15, 0.2) is 82.8 Å². The van der Waals surface area contributed by atoms with Crippen molar-refractivity contribution in [2.75, 3.05) is 18.0 Å². The van der Waals surface area contributed by atoms with Crippen molar-refractivity contribution in [2.45, 2.75) is 11.1 Å². The Balaban J connectivity index is 1.92. The predicted molar refractivity (Wildman–Crippen MR) is 126 cm³/mol. The Kier molecular flexibility index (Phi) is 8.03. The number of alkyl halides is 3. The van der Waals surface area contributed by atoms with E-state index in [2.05, 4.69) is 10.5 Å². The van der Waals surface area contributed by atoms with Crippen molar-refractivity contribution in [1.29, 1.82) is 0 Å². The second-order valence-electron chi connectivity index (χ2n) is 7.02. The van der Waals surface area contributed by atoms with E-state index in [-0.39, 0.29) is 26.9 Å². The largest absolute Gasteiger partial charge is 0.495 e. The second kappa shape index (κ2) is 10.8. The summed E-state index contributed by atoms with van der Waals surface area (Å²) in [5.74, 6) is -0.781. The van der Waals surface area contributed by atoms with Gasteiger partial charge in [-0.25, -0.2) is 13.8 Å². The van der Waals surface area contributed by atoms with Gasteiger partial charge in [-0.2, -0.15) is 18.3 Å². The van der Waals surface area contributed by atoms with Gasteiger partial charge in [0.25, 0.3) is 15.9 Å². The van der Waals surface area contributed by atoms with Crippen LogP contribution >= 0.6 is 11.6 Å². The van der Waals surface area contributed by atoms with Crippen molar-refractivity contribution >= 4 is 39.4 Å². The molecule has 35 heavy (non-hydrogen) atoms. The maximum Gasteiger partial charge on any atom is 0.417 e. The molecule has 0 saturated carbocycles. The summed E-state index contributed by atoms with van der Waals surface area (Å²) in [4.78, 5) is 12.5. The minimum absolute atomic E-state index is 0.00889. The van der Waals surface area contributed by atoms with E-state index in [9.17, 15) is 26.4 Å². The Morgan fingerprint density at radius 2 is 1.74 bits per heavy atom. The third-order valence-corrected chi connectivity index (χ3v) is 6.70. The number of halogens is 4. The fourth-order valence-electron chi connectivity index (χ4n) is 3.08. The number of hydrogen-bond donors (Lipinski definition) is 1. The summed E-state index contributed by atoms with van der Waals surface area (Å²) in [7, 11) is -2.95. The number of nitrogens with one attached hydrogen (secondary N) is 1.